The molecule has 26 heavy (non-hydrogen) atoms. The van der Waals surface area contributed by atoms with E-state index < -0.39 is 5.97 Å². The zero-order valence-corrected chi connectivity index (χ0v) is 15.1. The average Bonchev–Trinajstić information content (AvgIpc) is 3.00. The van der Waals surface area contributed by atoms with Crippen molar-refractivity contribution in [1.82, 2.24) is 9.78 Å². The fourth-order valence-corrected chi connectivity index (χ4v) is 2.67. The number of carboxylic acid groups (broad SMARTS) is 1. The third-order valence-electron chi connectivity index (χ3n) is 3.51. The molecule has 0 aliphatic rings. The summed E-state index contributed by atoms with van der Waals surface area (Å²) >= 11 is 11.1. The van der Waals surface area contributed by atoms with E-state index in [0.717, 1.165) is 11.3 Å². The Labute approximate surface area is 160 Å². The molecule has 2 aromatic carbocycles. The Balaban J connectivity index is 1.74. The zero-order chi connectivity index (χ0) is 18.5. The van der Waals surface area contributed by atoms with E-state index in [9.17, 15) is 9.90 Å². The molecule has 0 radical (unpaired) electrons. The summed E-state index contributed by atoms with van der Waals surface area (Å²) in [7, 11) is 0. The van der Waals surface area contributed by atoms with E-state index in [1.54, 1.807) is 28.9 Å². The number of hydrogen-bond donors (Lipinski definition) is 3. The lowest BCUT2D eigenvalue weighted by Gasteiger charge is -2.09. The van der Waals surface area contributed by atoms with Gasteiger partial charge in [-0.3, -0.25) is 4.68 Å². The van der Waals surface area contributed by atoms with Gasteiger partial charge in [-0.25, -0.2) is 4.79 Å². The maximum atomic E-state index is 11.5. The van der Waals surface area contributed by atoms with Crippen molar-refractivity contribution < 1.29 is 9.90 Å². The Hall–Kier alpha value is -2.90. The van der Waals surface area contributed by atoms with Crippen molar-refractivity contribution in [3.05, 3.63) is 76.9 Å². The van der Waals surface area contributed by atoms with Gasteiger partial charge in [-0.1, -0.05) is 41.9 Å². The number of hydrogen-bond acceptors (Lipinski definition) is 3. The predicted molar refractivity (Wildman–Crippen MR) is 106 cm³/mol. The van der Waals surface area contributed by atoms with Crippen LogP contribution in [0.25, 0.3) is 0 Å². The standard InChI is InChI=1S/C18H15ClN4O2S/c19-13-6-8-14(9-7-13)20-18(26)21-16-15(17(24)25)11-23(22-16)10-12-4-2-1-3-5-12/h1-9,11H,10H2,(H,24,25)(H2,20,21,22,26). The lowest BCUT2D eigenvalue weighted by molar-refractivity contribution is 0.0698. The molecule has 0 fully saturated rings. The number of nitrogens with zero attached hydrogens (tertiary/aromatic N) is 2. The molecular formula is C18H15ClN4O2S. The quantitative estimate of drug-likeness (QED) is 0.573. The Morgan fingerprint density at radius 1 is 1.12 bits per heavy atom. The van der Waals surface area contributed by atoms with Gasteiger partial charge < -0.3 is 15.7 Å². The molecule has 6 nitrogen and oxygen atoms in total. The minimum Gasteiger partial charge on any atom is -0.477 e. The van der Waals surface area contributed by atoms with Gasteiger partial charge in [0.2, 0.25) is 0 Å². The van der Waals surface area contributed by atoms with Crippen LogP contribution in [0.4, 0.5) is 11.5 Å². The number of carboxylic acids is 1. The van der Waals surface area contributed by atoms with Crippen LogP contribution in [0.1, 0.15) is 15.9 Å². The molecule has 1 heterocycles. The summed E-state index contributed by atoms with van der Waals surface area (Å²) in [6, 6.07) is 16.6. The second-order valence-electron chi connectivity index (χ2n) is 5.47. The summed E-state index contributed by atoms with van der Waals surface area (Å²) in [6.07, 6.45) is 1.47. The largest absolute Gasteiger partial charge is 0.477 e. The van der Waals surface area contributed by atoms with Gasteiger partial charge in [0.25, 0.3) is 0 Å². The molecule has 132 valence electrons. The van der Waals surface area contributed by atoms with Crippen LogP contribution in [-0.2, 0) is 6.54 Å². The topological polar surface area (TPSA) is 79.2 Å². The Kier molecular flexibility index (Phi) is 5.50. The summed E-state index contributed by atoms with van der Waals surface area (Å²) in [4.78, 5) is 11.5. The Morgan fingerprint density at radius 2 is 1.81 bits per heavy atom. The zero-order valence-electron chi connectivity index (χ0n) is 13.5. The first kappa shape index (κ1) is 17.9. The van der Waals surface area contributed by atoms with E-state index in [4.69, 9.17) is 23.8 Å². The highest BCUT2D eigenvalue weighted by Gasteiger charge is 2.16. The Morgan fingerprint density at radius 3 is 2.46 bits per heavy atom. The first-order valence-electron chi connectivity index (χ1n) is 7.69. The summed E-state index contributed by atoms with van der Waals surface area (Å²) in [5.41, 5.74) is 1.79. The van der Waals surface area contributed by atoms with Gasteiger partial charge in [0, 0.05) is 16.9 Å². The molecule has 0 aliphatic carbocycles. The molecule has 0 saturated heterocycles. The summed E-state index contributed by atoms with van der Waals surface area (Å²) < 4.78 is 1.56. The van der Waals surface area contributed by atoms with Crippen molar-refractivity contribution in [3.8, 4) is 0 Å². The van der Waals surface area contributed by atoms with Crippen molar-refractivity contribution in [3.63, 3.8) is 0 Å². The lowest BCUT2D eigenvalue weighted by atomic mass is 10.2. The maximum absolute atomic E-state index is 11.5. The molecule has 8 heteroatoms. The van der Waals surface area contributed by atoms with Gasteiger partial charge in [0.15, 0.2) is 10.9 Å². The average molecular weight is 387 g/mol. The molecule has 0 aliphatic heterocycles. The van der Waals surface area contributed by atoms with Crippen molar-refractivity contribution in [1.29, 1.82) is 0 Å². The molecule has 0 bridgehead atoms. The molecule has 3 aromatic rings. The van der Waals surface area contributed by atoms with Gasteiger partial charge in [-0.05, 0) is 42.0 Å². The second kappa shape index (κ2) is 7.99. The van der Waals surface area contributed by atoms with Crippen molar-refractivity contribution in [2.24, 2.45) is 0 Å². The van der Waals surface area contributed by atoms with Crippen LogP contribution in [0.3, 0.4) is 0 Å². The van der Waals surface area contributed by atoms with E-state index in [1.165, 1.54) is 6.20 Å². The summed E-state index contributed by atoms with van der Waals surface area (Å²) in [5, 5.41) is 20.4. The molecule has 3 rings (SSSR count). The highest BCUT2D eigenvalue weighted by molar-refractivity contribution is 7.80. The third-order valence-corrected chi connectivity index (χ3v) is 3.97. The molecule has 0 atom stereocenters. The monoisotopic (exact) mass is 386 g/mol. The van der Waals surface area contributed by atoms with Gasteiger partial charge in [0.1, 0.15) is 5.56 Å². The summed E-state index contributed by atoms with van der Waals surface area (Å²) in [5.74, 6) is -0.902. The second-order valence-corrected chi connectivity index (χ2v) is 6.31. The van der Waals surface area contributed by atoms with Crippen molar-refractivity contribution in [2.75, 3.05) is 10.6 Å². The van der Waals surface area contributed by atoms with Gasteiger partial charge in [-0.2, -0.15) is 5.10 Å². The van der Waals surface area contributed by atoms with Crippen LogP contribution in [-0.4, -0.2) is 26.0 Å². The smallest absolute Gasteiger partial charge is 0.341 e. The number of aromatic nitrogens is 2. The first-order valence-corrected chi connectivity index (χ1v) is 8.48. The minimum atomic E-state index is -1.08. The first-order chi connectivity index (χ1) is 12.5. The number of rotatable bonds is 5. The maximum Gasteiger partial charge on any atom is 0.341 e. The highest BCUT2D eigenvalue weighted by atomic mass is 35.5. The number of thiocarbonyl (C=S) groups is 1. The van der Waals surface area contributed by atoms with Gasteiger partial charge >= 0.3 is 5.97 Å². The molecule has 0 spiro atoms. The van der Waals surface area contributed by atoms with Gasteiger partial charge in [-0.15, -0.1) is 0 Å². The molecular weight excluding hydrogens is 372 g/mol. The Bertz CT molecular complexity index is 926. The normalized spacial score (nSPS) is 10.3. The van der Waals surface area contributed by atoms with E-state index >= 15 is 0 Å². The van der Waals surface area contributed by atoms with Crippen LogP contribution < -0.4 is 10.6 Å². The van der Waals surface area contributed by atoms with Crippen LogP contribution in [0, 0.1) is 0 Å². The van der Waals surface area contributed by atoms with E-state index in [1.807, 2.05) is 30.3 Å². The number of carbonyl (C=O) groups is 1. The fourth-order valence-electron chi connectivity index (χ4n) is 2.32. The van der Waals surface area contributed by atoms with Crippen LogP contribution in [0.15, 0.2) is 60.8 Å². The lowest BCUT2D eigenvalue weighted by Crippen LogP contribution is -2.20. The predicted octanol–water partition coefficient (Wildman–Crippen LogP) is 4.09. The molecule has 0 unspecified atom stereocenters. The highest BCUT2D eigenvalue weighted by Crippen LogP contribution is 2.17. The molecule has 3 N–H and O–H groups in total. The number of anilines is 2. The number of nitrogens with one attached hydrogen (secondary N) is 2. The molecule has 1 aromatic heterocycles. The van der Waals surface area contributed by atoms with E-state index in [-0.39, 0.29) is 16.5 Å². The molecule has 0 saturated carbocycles. The fraction of sp³-hybridized carbons (Fsp3) is 0.0556. The van der Waals surface area contributed by atoms with Crippen molar-refractivity contribution >= 4 is 46.4 Å². The van der Waals surface area contributed by atoms with Crippen LogP contribution in [0.2, 0.25) is 5.02 Å². The van der Waals surface area contributed by atoms with Gasteiger partial charge in [0.05, 0.1) is 6.54 Å². The van der Waals surface area contributed by atoms with E-state index in [0.29, 0.717) is 11.6 Å². The SMILES string of the molecule is O=C(O)c1cn(Cc2ccccc2)nc1NC(=S)Nc1ccc(Cl)cc1. The van der Waals surface area contributed by atoms with Crippen molar-refractivity contribution in [2.45, 2.75) is 6.54 Å². The van der Waals surface area contributed by atoms with Crippen LogP contribution in [0.5, 0.6) is 0 Å². The van der Waals surface area contributed by atoms with Crippen LogP contribution >= 0.6 is 23.8 Å². The number of halogens is 1. The summed E-state index contributed by atoms with van der Waals surface area (Å²) in [6.45, 7) is 0.459. The molecule has 0 amide bonds. The van der Waals surface area contributed by atoms with E-state index in [2.05, 4.69) is 15.7 Å². The third kappa shape index (κ3) is 4.59. The number of aromatic carboxylic acids is 1. The number of benzene rings is 2. The minimum absolute atomic E-state index is 0.0428.